The van der Waals surface area contributed by atoms with Crippen LogP contribution in [0.1, 0.15) is 43.2 Å². The van der Waals surface area contributed by atoms with Crippen molar-refractivity contribution >= 4 is 23.5 Å². The first-order valence-electron chi connectivity index (χ1n) is 11.5. The van der Waals surface area contributed by atoms with Gasteiger partial charge in [-0.2, -0.15) is 0 Å². The minimum absolute atomic E-state index is 0.0309. The highest BCUT2D eigenvalue weighted by atomic mass is 16.2. The molecule has 4 rings (SSSR count). The Kier molecular flexibility index (Phi) is 7.17. The first-order chi connectivity index (χ1) is 16.0. The van der Waals surface area contributed by atoms with Gasteiger partial charge in [-0.3, -0.25) is 19.2 Å². The molecule has 7 nitrogen and oxygen atoms in total. The Morgan fingerprint density at radius 2 is 1.55 bits per heavy atom. The van der Waals surface area contributed by atoms with E-state index in [1.165, 1.54) is 0 Å². The summed E-state index contributed by atoms with van der Waals surface area (Å²) >= 11 is 0. The van der Waals surface area contributed by atoms with E-state index in [4.69, 9.17) is 0 Å². The van der Waals surface area contributed by atoms with Crippen molar-refractivity contribution in [3.05, 3.63) is 71.8 Å². The maximum absolute atomic E-state index is 13.2. The number of hydrogen-bond donors (Lipinski definition) is 2. The van der Waals surface area contributed by atoms with Crippen LogP contribution >= 0.6 is 0 Å². The fraction of sp³-hybridized carbons (Fsp3) is 0.385. The summed E-state index contributed by atoms with van der Waals surface area (Å²) in [7, 11) is 0. The van der Waals surface area contributed by atoms with Gasteiger partial charge in [0.2, 0.25) is 17.6 Å². The molecule has 1 saturated heterocycles. The van der Waals surface area contributed by atoms with E-state index >= 15 is 0 Å². The van der Waals surface area contributed by atoms with Crippen LogP contribution in [0.3, 0.4) is 0 Å². The van der Waals surface area contributed by atoms with Crippen LogP contribution in [-0.4, -0.2) is 46.5 Å². The summed E-state index contributed by atoms with van der Waals surface area (Å²) in [4.78, 5) is 52.8. The Balaban J connectivity index is 1.47. The first kappa shape index (κ1) is 22.7. The number of nitrogens with one attached hydrogen (secondary N) is 2. The maximum atomic E-state index is 13.2. The number of amides is 3. The topological polar surface area (TPSA) is 95.6 Å². The number of ketones is 1. The van der Waals surface area contributed by atoms with Crippen molar-refractivity contribution in [1.29, 1.82) is 0 Å². The van der Waals surface area contributed by atoms with E-state index < -0.39 is 29.7 Å². The molecule has 3 amide bonds. The lowest BCUT2D eigenvalue weighted by atomic mass is 9.92. The maximum Gasteiger partial charge on any atom is 0.289 e. The van der Waals surface area contributed by atoms with Crippen molar-refractivity contribution < 1.29 is 19.2 Å². The highest BCUT2D eigenvalue weighted by Gasteiger charge is 2.38. The van der Waals surface area contributed by atoms with Crippen LogP contribution in [0.25, 0.3) is 0 Å². The molecule has 2 aliphatic rings. The van der Waals surface area contributed by atoms with Gasteiger partial charge in [0, 0.05) is 25.4 Å². The van der Waals surface area contributed by atoms with E-state index in [1.807, 2.05) is 60.7 Å². The molecular formula is C26H29N3O4. The highest BCUT2D eigenvalue weighted by Crippen LogP contribution is 2.22. The molecular weight excluding hydrogens is 418 g/mol. The zero-order valence-electron chi connectivity index (χ0n) is 18.5. The quantitative estimate of drug-likeness (QED) is 0.576. The number of carbonyl (C=O) groups excluding carboxylic acids is 4. The van der Waals surface area contributed by atoms with Crippen LogP contribution in [0, 0.1) is 0 Å². The third-order valence-electron chi connectivity index (χ3n) is 6.41. The monoisotopic (exact) mass is 447 g/mol. The van der Waals surface area contributed by atoms with Crippen molar-refractivity contribution in [2.45, 2.75) is 63.2 Å². The number of benzene rings is 2. The lowest BCUT2D eigenvalue weighted by Gasteiger charge is -2.28. The lowest BCUT2D eigenvalue weighted by Crippen LogP contribution is -2.54. The number of carbonyl (C=O) groups is 4. The molecule has 33 heavy (non-hydrogen) atoms. The third-order valence-corrected chi connectivity index (χ3v) is 6.41. The van der Waals surface area contributed by atoms with Gasteiger partial charge in [-0.15, -0.1) is 0 Å². The second kappa shape index (κ2) is 10.4. The number of nitrogens with zero attached hydrogens (tertiary/aromatic N) is 1. The van der Waals surface area contributed by atoms with E-state index in [-0.39, 0.29) is 24.8 Å². The van der Waals surface area contributed by atoms with Gasteiger partial charge in [-0.1, -0.05) is 60.7 Å². The van der Waals surface area contributed by atoms with Crippen LogP contribution in [0.2, 0.25) is 0 Å². The third kappa shape index (κ3) is 5.66. The summed E-state index contributed by atoms with van der Waals surface area (Å²) in [6.07, 6.45) is 3.66. The number of hydrogen-bond acceptors (Lipinski definition) is 4. The Bertz CT molecular complexity index is 1000. The van der Waals surface area contributed by atoms with Gasteiger partial charge in [0.1, 0.15) is 12.1 Å². The summed E-state index contributed by atoms with van der Waals surface area (Å²) in [6.45, 7) is 0.331. The zero-order chi connectivity index (χ0) is 23.2. The smallest absolute Gasteiger partial charge is 0.289 e. The fourth-order valence-electron chi connectivity index (χ4n) is 4.28. The molecule has 2 aromatic rings. The van der Waals surface area contributed by atoms with Crippen molar-refractivity contribution in [3.8, 4) is 0 Å². The molecule has 172 valence electrons. The summed E-state index contributed by atoms with van der Waals surface area (Å²) in [5, 5.41) is 5.56. The summed E-state index contributed by atoms with van der Waals surface area (Å²) in [6, 6.07) is 17.2. The predicted octanol–water partition coefficient (Wildman–Crippen LogP) is 2.14. The van der Waals surface area contributed by atoms with Crippen molar-refractivity contribution in [3.63, 3.8) is 0 Å². The SMILES string of the molecule is O=C(NC1CCC1)C(=O)C(Cc1ccccc1)NC(=O)[C@H]1CCC(=O)N1Cc1ccccc1. The van der Waals surface area contributed by atoms with E-state index in [9.17, 15) is 19.2 Å². The fourth-order valence-corrected chi connectivity index (χ4v) is 4.28. The average molecular weight is 448 g/mol. The van der Waals surface area contributed by atoms with Gasteiger partial charge in [-0.05, 0) is 36.8 Å². The van der Waals surface area contributed by atoms with Gasteiger partial charge in [-0.25, -0.2) is 0 Å². The molecule has 1 unspecified atom stereocenters. The molecule has 0 spiro atoms. The van der Waals surface area contributed by atoms with E-state index in [1.54, 1.807) is 4.90 Å². The molecule has 0 radical (unpaired) electrons. The average Bonchev–Trinajstić information content (AvgIpc) is 3.16. The molecule has 0 bridgehead atoms. The van der Waals surface area contributed by atoms with Crippen LogP contribution in [0.5, 0.6) is 0 Å². The molecule has 2 atom stereocenters. The molecule has 0 aromatic heterocycles. The van der Waals surface area contributed by atoms with E-state index in [0.29, 0.717) is 13.0 Å². The minimum atomic E-state index is -0.991. The van der Waals surface area contributed by atoms with Crippen LogP contribution < -0.4 is 10.6 Å². The largest absolute Gasteiger partial charge is 0.347 e. The molecule has 2 fully saturated rings. The number of Topliss-reactive ketones (excluding diaryl/α,β-unsaturated/α-hetero) is 1. The standard InChI is InChI=1S/C26H29N3O4/c30-23-15-14-22(29(23)17-19-10-5-2-6-11-19)25(32)28-21(16-18-8-3-1-4-9-18)24(31)26(33)27-20-12-7-13-20/h1-6,8-11,20-22H,7,12-17H2,(H,27,33)(H,28,32)/t21?,22-/m1/s1. The van der Waals surface area contributed by atoms with E-state index in [2.05, 4.69) is 10.6 Å². The van der Waals surface area contributed by atoms with Crippen molar-refractivity contribution in [2.75, 3.05) is 0 Å². The summed E-state index contributed by atoms with van der Waals surface area (Å²) < 4.78 is 0. The van der Waals surface area contributed by atoms with E-state index in [0.717, 1.165) is 30.4 Å². The first-order valence-corrected chi connectivity index (χ1v) is 11.5. The molecule has 2 aromatic carbocycles. The van der Waals surface area contributed by atoms with Crippen molar-refractivity contribution in [1.82, 2.24) is 15.5 Å². The van der Waals surface area contributed by atoms with Crippen LogP contribution in [-0.2, 0) is 32.1 Å². The van der Waals surface area contributed by atoms with Gasteiger partial charge >= 0.3 is 0 Å². The van der Waals surface area contributed by atoms with Gasteiger partial charge in [0.05, 0.1) is 0 Å². The number of likely N-dealkylation sites (tertiary alicyclic amines) is 1. The van der Waals surface area contributed by atoms with Crippen LogP contribution in [0.15, 0.2) is 60.7 Å². The Hall–Kier alpha value is -3.48. The van der Waals surface area contributed by atoms with Crippen LogP contribution in [0.4, 0.5) is 0 Å². The molecule has 1 aliphatic carbocycles. The summed E-state index contributed by atoms with van der Waals surface area (Å²) in [5.74, 6) is -1.81. The summed E-state index contributed by atoms with van der Waals surface area (Å²) in [5.41, 5.74) is 1.78. The molecule has 1 aliphatic heterocycles. The van der Waals surface area contributed by atoms with Crippen molar-refractivity contribution in [2.24, 2.45) is 0 Å². The normalized spacial score (nSPS) is 19.0. The van der Waals surface area contributed by atoms with Gasteiger partial charge < -0.3 is 15.5 Å². The molecule has 2 N–H and O–H groups in total. The Morgan fingerprint density at radius 3 is 2.15 bits per heavy atom. The second-order valence-electron chi connectivity index (χ2n) is 8.78. The minimum Gasteiger partial charge on any atom is -0.347 e. The molecule has 1 saturated carbocycles. The zero-order valence-corrected chi connectivity index (χ0v) is 18.5. The van der Waals surface area contributed by atoms with Gasteiger partial charge in [0.25, 0.3) is 5.91 Å². The Morgan fingerprint density at radius 1 is 0.909 bits per heavy atom. The Labute approximate surface area is 193 Å². The second-order valence-corrected chi connectivity index (χ2v) is 8.78. The predicted molar refractivity (Wildman–Crippen MR) is 123 cm³/mol. The lowest BCUT2D eigenvalue weighted by molar-refractivity contribution is -0.142. The molecule has 7 heteroatoms. The molecule has 1 heterocycles. The number of rotatable bonds is 9. The highest BCUT2D eigenvalue weighted by molar-refractivity contribution is 6.38. The van der Waals surface area contributed by atoms with Gasteiger partial charge in [0.15, 0.2) is 0 Å².